The van der Waals surface area contributed by atoms with E-state index in [-0.39, 0.29) is 28.8 Å². The van der Waals surface area contributed by atoms with E-state index in [0.717, 1.165) is 11.3 Å². The number of nitriles is 1. The molecule has 0 saturated carbocycles. The topological polar surface area (TPSA) is 143 Å². The third-order valence-electron chi connectivity index (χ3n) is 6.82. The van der Waals surface area contributed by atoms with Crippen molar-refractivity contribution in [1.82, 2.24) is 10.2 Å². The van der Waals surface area contributed by atoms with Gasteiger partial charge in [-0.25, -0.2) is 0 Å². The maximum absolute atomic E-state index is 13.2. The van der Waals surface area contributed by atoms with Crippen LogP contribution in [0.3, 0.4) is 0 Å². The Kier molecular flexibility index (Phi) is 8.90. The number of nitrogens with zero attached hydrogens (tertiary/aromatic N) is 4. The minimum atomic E-state index is -0.545. The largest absolute Gasteiger partial charge is 0.493 e. The number of anilines is 2. The molecular formula is C30H28N6O4S2. The molecule has 1 aliphatic heterocycles. The summed E-state index contributed by atoms with van der Waals surface area (Å²) in [6.07, 6.45) is 5.48. The summed E-state index contributed by atoms with van der Waals surface area (Å²) < 4.78 is 11.1. The summed E-state index contributed by atoms with van der Waals surface area (Å²) in [5, 5.41) is 22.0. The number of aromatic nitrogens is 2. The van der Waals surface area contributed by atoms with Crippen LogP contribution in [-0.2, 0) is 9.59 Å². The summed E-state index contributed by atoms with van der Waals surface area (Å²) in [5.74, 6) is 0.612. The van der Waals surface area contributed by atoms with Crippen LogP contribution >= 0.6 is 23.1 Å². The van der Waals surface area contributed by atoms with Crippen LogP contribution in [0.25, 0.3) is 6.08 Å². The number of ether oxygens (including phenoxy) is 2. The van der Waals surface area contributed by atoms with E-state index in [2.05, 4.69) is 21.6 Å². The van der Waals surface area contributed by atoms with Crippen LogP contribution in [0.5, 0.6) is 11.5 Å². The number of carbonyl (C=O) groups is 2. The zero-order valence-corrected chi connectivity index (χ0v) is 24.6. The molecule has 1 aliphatic carbocycles. The van der Waals surface area contributed by atoms with Crippen LogP contribution < -0.4 is 25.4 Å². The Morgan fingerprint density at radius 1 is 1.19 bits per heavy atom. The second-order valence-corrected chi connectivity index (χ2v) is 11.6. The van der Waals surface area contributed by atoms with E-state index in [1.165, 1.54) is 30.2 Å². The fourth-order valence-corrected chi connectivity index (χ4v) is 6.58. The molecule has 0 spiro atoms. The molecule has 0 fully saturated rings. The molecule has 10 nitrogen and oxygen atoms in total. The van der Waals surface area contributed by atoms with Gasteiger partial charge in [0, 0.05) is 35.4 Å². The Morgan fingerprint density at radius 2 is 1.98 bits per heavy atom. The lowest BCUT2D eigenvalue weighted by atomic mass is 9.79. The first kappa shape index (κ1) is 28.9. The summed E-state index contributed by atoms with van der Waals surface area (Å²) >= 11 is 2.47. The van der Waals surface area contributed by atoms with E-state index in [9.17, 15) is 14.9 Å². The van der Waals surface area contributed by atoms with Crippen molar-refractivity contribution in [1.29, 1.82) is 5.26 Å². The van der Waals surface area contributed by atoms with Crippen LogP contribution in [-0.4, -0.2) is 41.9 Å². The quantitative estimate of drug-likeness (QED) is 0.317. The van der Waals surface area contributed by atoms with Crippen LogP contribution in [0.4, 0.5) is 10.8 Å². The van der Waals surface area contributed by atoms with Gasteiger partial charge >= 0.3 is 0 Å². The zero-order chi connectivity index (χ0) is 29.6. The molecule has 0 saturated heterocycles. The Balaban J connectivity index is 1.35. The molecule has 1 aromatic heterocycles. The first-order chi connectivity index (χ1) is 20.4. The third-order valence-corrected chi connectivity index (χ3v) is 8.86. The number of Topliss-reactive ketones (excluding diaryl/α,β-unsaturated/α-hetero) is 1. The number of thioether (sulfide) groups is 1. The van der Waals surface area contributed by atoms with Crippen molar-refractivity contribution >= 4 is 51.7 Å². The van der Waals surface area contributed by atoms with E-state index < -0.39 is 5.92 Å². The minimum absolute atomic E-state index is 0.00448. The number of allylic oxidation sites excluding steroid dienone is 4. The number of hydrogen-bond acceptors (Lipinski definition) is 11. The summed E-state index contributed by atoms with van der Waals surface area (Å²) in [7, 11) is 3.07. The highest BCUT2D eigenvalue weighted by molar-refractivity contribution is 8.01. The molecule has 0 radical (unpaired) electrons. The van der Waals surface area contributed by atoms with Gasteiger partial charge in [-0.3, -0.25) is 14.5 Å². The van der Waals surface area contributed by atoms with Crippen LogP contribution in [0.1, 0.15) is 24.8 Å². The molecule has 2 heterocycles. The molecule has 214 valence electrons. The average molecular weight is 601 g/mol. The Hall–Kier alpha value is -4.60. The number of hydrogen-bond donors (Lipinski definition) is 2. The molecule has 1 amide bonds. The van der Waals surface area contributed by atoms with Crippen molar-refractivity contribution in [2.75, 3.05) is 30.2 Å². The number of rotatable bonds is 9. The van der Waals surface area contributed by atoms with Gasteiger partial charge in [-0.2, -0.15) is 5.26 Å². The van der Waals surface area contributed by atoms with Gasteiger partial charge in [0.05, 0.1) is 31.6 Å². The first-order valence-corrected chi connectivity index (χ1v) is 14.9. The molecule has 3 aromatic rings. The van der Waals surface area contributed by atoms with E-state index >= 15 is 0 Å². The predicted octanol–water partition coefficient (Wildman–Crippen LogP) is 5.14. The fourth-order valence-electron chi connectivity index (χ4n) is 4.90. The number of methoxy groups -OCH3 is 2. The van der Waals surface area contributed by atoms with Crippen molar-refractivity contribution in [3.05, 3.63) is 82.8 Å². The van der Waals surface area contributed by atoms with Gasteiger partial charge in [0.2, 0.25) is 11.0 Å². The normalized spacial score (nSPS) is 16.8. The Morgan fingerprint density at radius 3 is 2.71 bits per heavy atom. The molecular weight excluding hydrogens is 573 g/mol. The standard InChI is InChI=1S/C30H28N6O4S2/c1-39-24-14-12-19(15-25(24)40-2)33-26(38)17-41-30-35-34-29(42-30)36-22-9-6-10-23(37)27(22)20(21(16-31)28(36)32)13-11-18-7-4-3-5-8-18/h3-5,7-8,11-15,20H,6,9-10,17,32H2,1-2H3,(H,33,38)/b13-11+. The number of nitrogens with one attached hydrogen (secondary N) is 1. The van der Waals surface area contributed by atoms with Crippen molar-refractivity contribution < 1.29 is 19.1 Å². The smallest absolute Gasteiger partial charge is 0.234 e. The van der Waals surface area contributed by atoms with Gasteiger partial charge in [0.1, 0.15) is 5.82 Å². The SMILES string of the molecule is COc1ccc(NC(=O)CSc2nnc(N3C(N)=C(C#N)C(/C=C/c4ccccc4)C4=C3CCCC4=O)s2)cc1OC. The van der Waals surface area contributed by atoms with Gasteiger partial charge in [-0.05, 0) is 30.5 Å². The summed E-state index contributed by atoms with van der Waals surface area (Å²) in [5.41, 5.74) is 9.72. The van der Waals surface area contributed by atoms with Crippen molar-refractivity contribution in [3.8, 4) is 17.6 Å². The van der Waals surface area contributed by atoms with Gasteiger partial charge < -0.3 is 20.5 Å². The highest BCUT2D eigenvalue weighted by atomic mass is 32.2. The maximum Gasteiger partial charge on any atom is 0.234 e. The van der Waals surface area contributed by atoms with E-state index in [0.29, 0.717) is 51.5 Å². The number of ketones is 1. The summed E-state index contributed by atoms with van der Waals surface area (Å²) in [6.45, 7) is 0. The zero-order valence-electron chi connectivity index (χ0n) is 23.0. The lowest BCUT2D eigenvalue weighted by Gasteiger charge is -2.37. The second kappa shape index (κ2) is 12.9. The molecule has 42 heavy (non-hydrogen) atoms. The van der Waals surface area contributed by atoms with Gasteiger partial charge in [-0.15, -0.1) is 10.2 Å². The van der Waals surface area contributed by atoms with Crippen LogP contribution in [0, 0.1) is 17.2 Å². The maximum atomic E-state index is 13.2. The van der Waals surface area contributed by atoms with E-state index in [1.807, 2.05) is 42.5 Å². The Bertz CT molecular complexity index is 1640. The molecule has 1 unspecified atom stereocenters. The number of amides is 1. The summed E-state index contributed by atoms with van der Waals surface area (Å²) in [6, 6.07) is 17.1. The number of nitrogens with two attached hydrogens (primary N) is 1. The van der Waals surface area contributed by atoms with Crippen molar-refractivity contribution in [3.63, 3.8) is 0 Å². The number of carbonyl (C=O) groups excluding carboxylic acids is 2. The minimum Gasteiger partial charge on any atom is -0.493 e. The third kappa shape index (κ3) is 6.02. The second-order valence-electron chi connectivity index (χ2n) is 9.39. The van der Waals surface area contributed by atoms with Crippen molar-refractivity contribution in [2.24, 2.45) is 11.7 Å². The van der Waals surface area contributed by atoms with E-state index in [4.69, 9.17) is 15.2 Å². The lowest BCUT2D eigenvalue weighted by Crippen LogP contribution is -2.39. The average Bonchev–Trinajstić information content (AvgIpc) is 3.47. The van der Waals surface area contributed by atoms with Crippen molar-refractivity contribution in [2.45, 2.75) is 23.6 Å². The molecule has 3 N–H and O–H groups in total. The first-order valence-electron chi connectivity index (χ1n) is 13.1. The monoisotopic (exact) mass is 600 g/mol. The fraction of sp³-hybridized carbons (Fsp3) is 0.233. The summed E-state index contributed by atoms with van der Waals surface area (Å²) in [4.78, 5) is 27.5. The van der Waals surface area contributed by atoms with Gasteiger partial charge in [0.15, 0.2) is 21.6 Å². The van der Waals surface area contributed by atoms with Gasteiger partial charge in [0.25, 0.3) is 0 Å². The molecule has 5 rings (SSSR count). The van der Waals surface area contributed by atoms with E-state index in [1.54, 1.807) is 30.2 Å². The molecule has 1 atom stereocenters. The molecule has 0 bridgehead atoms. The highest BCUT2D eigenvalue weighted by Gasteiger charge is 2.39. The van der Waals surface area contributed by atoms with Crippen LogP contribution in [0.2, 0.25) is 0 Å². The molecule has 12 heteroatoms. The van der Waals surface area contributed by atoms with Crippen LogP contribution in [0.15, 0.2) is 81.6 Å². The number of benzene rings is 2. The molecule has 2 aromatic carbocycles. The lowest BCUT2D eigenvalue weighted by molar-refractivity contribution is -0.116. The van der Waals surface area contributed by atoms with Gasteiger partial charge in [-0.1, -0.05) is 65.6 Å². The predicted molar refractivity (Wildman–Crippen MR) is 163 cm³/mol. The highest BCUT2D eigenvalue weighted by Crippen LogP contribution is 2.44. The Labute approximate surface area is 251 Å². The molecule has 2 aliphatic rings.